The van der Waals surface area contributed by atoms with E-state index < -0.39 is 0 Å². The quantitative estimate of drug-likeness (QED) is 0.722. The summed E-state index contributed by atoms with van der Waals surface area (Å²) < 4.78 is 0. The summed E-state index contributed by atoms with van der Waals surface area (Å²) in [6.07, 6.45) is 1.59. The van der Waals surface area contributed by atoms with Crippen molar-refractivity contribution < 1.29 is 4.79 Å². The number of hydrogen-bond donors (Lipinski definition) is 0. The minimum Gasteiger partial charge on any atom is -0.335 e. The van der Waals surface area contributed by atoms with Gasteiger partial charge in [-0.05, 0) is 24.5 Å². The highest BCUT2D eigenvalue weighted by molar-refractivity contribution is 5.81. The Morgan fingerprint density at radius 3 is 2.67 bits per heavy atom. The van der Waals surface area contributed by atoms with Gasteiger partial charge in [-0.2, -0.15) is 0 Å². The Bertz CT molecular complexity index is 373. The molecule has 0 bridgehead atoms. The Morgan fingerprint density at radius 1 is 1.33 bits per heavy atom. The van der Waals surface area contributed by atoms with Crippen molar-refractivity contribution in [2.75, 3.05) is 0 Å². The molecule has 0 spiro atoms. The lowest BCUT2D eigenvalue weighted by molar-refractivity contribution is -0.134. The van der Waals surface area contributed by atoms with E-state index in [9.17, 15) is 4.79 Å². The van der Waals surface area contributed by atoms with Crippen molar-refractivity contribution in [3.05, 3.63) is 35.4 Å². The van der Waals surface area contributed by atoms with E-state index in [-0.39, 0.29) is 5.91 Å². The first-order chi connectivity index (χ1) is 7.22. The van der Waals surface area contributed by atoms with Gasteiger partial charge in [0.15, 0.2) is 0 Å². The summed E-state index contributed by atoms with van der Waals surface area (Å²) in [6.45, 7) is 5.02. The zero-order valence-corrected chi connectivity index (χ0v) is 9.36. The summed E-state index contributed by atoms with van der Waals surface area (Å²) in [5.41, 5.74) is 2.50. The van der Waals surface area contributed by atoms with Gasteiger partial charge < -0.3 is 4.90 Å². The van der Waals surface area contributed by atoms with E-state index in [0.717, 1.165) is 13.0 Å². The third kappa shape index (κ3) is 1.89. The van der Waals surface area contributed by atoms with E-state index in [1.165, 1.54) is 11.1 Å². The minimum atomic E-state index is 0.267. The fourth-order valence-electron chi connectivity index (χ4n) is 2.04. The van der Waals surface area contributed by atoms with Gasteiger partial charge in [-0.25, -0.2) is 0 Å². The molecule has 2 nitrogen and oxygen atoms in total. The van der Waals surface area contributed by atoms with Gasteiger partial charge in [-0.1, -0.05) is 31.2 Å². The van der Waals surface area contributed by atoms with Crippen molar-refractivity contribution >= 4 is 5.91 Å². The lowest BCUT2D eigenvalue weighted by Gasteiger charge is -2.33. The highest BCUT2D eigenvalue weighted by atomic mass is 16.2. The molecule has 0 aliphatic carbocycles. The second kappa shape index (κ2) is 4.05. The van der Waals surface area contributed by atoms with Crippen LogP contribution in [0.4, 0.5) is 0 Å². The average Bonchev–Trinajstić information content (AvgIpc) is 2.27. The first-order valence-corrected chi connectivity index (χ1v) is 5.58. The Hall–Kier alpha value is -1.31. The molecule has 0 aromatic heterocycles. The second-order valence-corrected chi connectivity index (χ2v) is 4.22. The molecule has 0 N–H and O–H groups in total. The van der Waals surface area contributed by atoms with Gasteiger partial charge in [0.2, 0.25) is 5.91 Å². The van der Waals surface area contributed by atoms with Gasteiger partial charge in [0, 0.05) is 12.6 Å². The predicted molar refractivity (Wildman–Crippen MR) is 60.4 cm³/mol. The Balaban J connectivity index is 2.26. The molecule has 0 saturated heterocycles. The fourth-order valence-corrected chi connectivity index (χ4v) is 2.04. The van der Waals surface area contributed by atoms with Crippen molar-refractivity contribution in [1.82, 2.24) is 4.90 Å². The van der Waals surface area contributed by atoms with Crippen LogP contribution in [0.2, 0.25) is 0 Å². The topological polar surface area (TPSA) is 20.3 Å². The Labute approximate surface area is 90.9 Å². The van der Waals surface area contributed by atoms with Crippen LogP contribution < -0.4 is 0 Å². The van der Waals surface area contributed by atoms with E-state index in [2.05, 4.69) is 26.0 Å². The molecule has 2 rings (SSSR count). The third-order valence-electron chi connectivity index (χ3n) is 3.24. The first kappa shape index (κ1) is 10.2. The molecule has 80 valence electrons. The molecule has 1 heterocycles. The maximum atomic E-state index is 11.9. The SMILES string of the molecule is CCC(C)N1Cc2ccccc2CC1=O. The zero-order chi connectivity index (χ0) is 10.8. The normalized spacial score (nSPS) is 17.5. The van der Waals surface area contributed by atoms with E-state index >= 15 is 0 Å². The van der Waals surface area contributed by atoms with E-state index in [0.29, 0.717) is 12.5 Å². The molecule has 1 atom stereocenters. The lowest BCUT2D eigenvalue weighted by atomic mass is 9.98. The molecule has 1 aliphatic rings. The van der Waals surface area contributed by atoms with Gasteiger partial charge in [0.25, 0.3) is 0 Å². The van der Waals surface area contributed by atoms with E-state index in [1.807, 2.05) is 17.0 Å². The predicted octanol–water partition coefficient (Wildman–Crippen LogP) is 2.37. The minimum absolute atomic E-state index is 0.267. The van der Waals surface area contributed by atoms with E-state index in [1.54, 1.807) is 0 Å². The van der Waals surface area contributed by atoms with Gasteiger partial charge in [0.1, 0.15) is 0 Å². The summed E-state index contributed by atoms with van der Waals surface area (Å²) >= 11 is 0. The van der Waals surface area contributed by atoms with Crippen LogP contribution in [0, 0.1) is 0 Å². The van der Waals surface area contributed by atoms with Gasteiger partial charge in [0.05, 0.1) is 6.42 Å². The fraction of sp³-hybridized carbons (Fsp3) is 0.462. The van der Waals surface area contributed by atoms with Crippen LogP contribution in [0.3, 0.4) is 0 Å². The average molecular weight is 203 g/mol. The number of hydrogen-bond acceptors (Lipinski definition) is 1. The van der Waals surface area contributed by atoms with Crippen molar-refractivity contribution in [1.29, 1.82) is 0 Å². The summed E-state index contributed by atoms with van der Waals surface area (Å²) in [5, 5.41) is 0. The summed E-state index contributed by atoms with van der Waals surface area (Å²) in [7, 11) is 0. The van der Waals surface area contributed by atoms with Crippen LogP contribution in [-0.4, -0.2) is 16.8 Å². The van der Waals surface area contributed by atoms with Gasteiger partial charge in [-0.15, -0.1) is 0 Å². The number of amides is 1. The summed E-state index contributed by atoms with van der Waals surface area (Å²) in [6, 6.07) is 8.58. The molecule has 1 unspecified atom stereocenters. The Morgan fingerprint density at radius 2 is 2.00 bits per heavy atom. The summed E-state index contributed by atoms with van der Waals surface area (Å²) in [5.74, 6) is 0.267. The monoisotopic (exact) mass is 203 g/mol. The number of nitrogens with zero attached hydrogens (tertiary/aromatic N) is 1. The Kier molecular flexibility index (Phi) is 2.76. The highest BCUT2D eigenvalue weighted by Gasteiger charge is 2.25. The van der Waals surface area contributed by atoms with E-state index in [4.69, 9.17) is 0 Å². The molecule has 15 heavy (non-hydrogen) atoms. The van der Waals surface area contributed by atoms with Crippen LogP contribution in [0.15, 0.2) is 24.3 Å². The van der Waals surface area contributed by atoms with Crippen LogP contribution in [0.5, 0.6) is 0 Å². The van der Waals surface area contributed by atoms with Crippen molar-refractivity contribution in [2.45, 2.75) is 39.3 Å². The standard InChI is InChI=1S/C13H17NO/c1-3-10(2)14-9-12-7-5-4-6-11(12)8-13(14)15/h4-7,10H,3,8-9H2,1-2H3. The van der Waals surface area contributed by atoms with Crippen molar-refractivity contribution in [2.24, 2.45) is 0 Å². The highest BCUT2D eigenvalue weighted by Crippen LogP contribution is 2.21. The zero-order valence-electron chi connectivity index (χ0n) is 9.36. The largest absolute Gasteiger partial charge is 0.335 e. The van der Waals surface area contributed by atoms with Crippen LogP contribution >= 0.6 is 0 Å². The first-order valence-electron chi connectivity index (χ1n) is 5.58. The smallest absolute Gasteiger partial charge is 0.227 e. The maximum Gasteiger partial charge on any atom is 0.227 e. The molecule has 0 fully saturated rings. The van der Waals surface area contributed by atoms with Crippen molar-refractivity contribution in [3.8, 4) is 0 Å². The van der Waals surface area contributed by atoms with Crippen LogP contribution in [0.25, 0.3) is 0 Å². The molecule has 0 saturated carbocycles. The van der Waals surface area contributed by atoms with Gasteiger partial charge in [-0.3, -0.25) is 4.79 Å². The molecule has 1 amide bonds. The van der Waals surface area contributed by atoms with Crippen molar-refractivity contribution in [3.63, 3.8) is 0 Å². The van der Waals surface area contributed by atoms with Gasteiger partial charge >= 0.3 is 0 Å². The maximum absolute atomic E-state index is 11.9. The molecule has 1 aromatic rings. The number of carbonyl (C=O) groups excluding carboxylic acids is 1. The number of fused-ring (bicyclic) bond motifs is 1. The molecular formula is C13H17NO. The number of benzene rings is 1. The van der Waals surface area contributed by atoms with Crippen LogP contribution in [0.1, 0.15) is 31.4 Å². The second-order valence-electron chi connectivity index (χ2n) is 4.22. The lowest BCUT2D eigenvalue weighted by Crippen LogP contribution is -2.41. The molecule has 1 aliphatic heterocycles. The van der Waals surface area contributed by atoms with Crippen LogP contribution in [-0.2, 0) is 17.8 Å². The number of carbonyl (C=O) groups is 1. The molecular weight excluding hydrogens is 186 g/mol. The molecule has 2 heteroatoms. The number of rotatable bonds is 2. The summed E-state index contributed by atoms with van der Waals surface area (Å²) in [4.78, 5) is 13.9. The molecule has 0 radical (unpaired) electrons. The molecule has 1 aromatic carbocycles. The third-order valence-corrected chi connectivity index (χ3v) is 3.24.